The van der Waals surface area contributed by atoms with Crippen LogP contribution in [0.25, 0.3) is 0 Å². The Balaban J connectivity index is 2.19. The van der Waals surface area contributed by atoms with Crippen LogP contribution in [0, 0.1) is 18.3 Å². The summed E-state index contributed by atoms with van der Waals surface area (Å²) in [5, 5.41) is 9.06. The smallest absolute Gasteiger partial charge is 0.237 e. The van der Waals surface area contributed by atoms with E-state index in [4.69, 9.17) is 16.7 Å². The molecule has 0 atom stereocenters. The lowest BCUT2D eigenvalue weighted by Gasteiger charge is -2.17. The summed E-state index contributed by atoms with van der Waals surface area (Å²) >= 11 is 0. The van der Waals surface area contributed by atoms with Crippen molar-refractivity contribution in [3.05, 3.63) is 41.0 Å². The molecular weight excluding hydrogens is 266 g/mol. The van der Waals surface area contributed by atoms with Gasteiger partial charge in [-0.3, -0.25) is 9.69 Å². The van der Waals surface area contributed by atoms with Crippen LogP contribution in [0.15, 0.2) is 24.3 Å². The summed E-state index contributed by atoms with van der Waals surface area (Å²) in [4.78, 5) is 18.0. The molecule has 3 rings (SSSR count). The Hall–Kier alpha value is -3.07. The van der Waals surface area contributed by atoms with Crippen molar-refractivity contribution >= 4 is 28.9 Å². The second-order valence-corrected chi connectivity index (χ2v) is 4.94. The minimum absolute atomic E-state index is 0.0422. The van der Waals surface area contributed by atoms with Gasteiger partial charge in [-0.25, -0.2) is 4.98 Å². The molecule has 21 heavy (non-hydrogen) atoms. The van der Waals surface area contributed by atoms with Crippen LogP contribution in [0.3, 0.4) is 0 Å². The number of rotatable bonds is 1. The maximum absolute atomic E-state index is 12.3. The molecule has 0 radical (unpaired) electrons. The molecule has 0 unspecified atom stereocenters. The number of anilines is 4. The second kappa shape index (κ2) is 4.49. The molecule has 0 bridgehead atoms. The number of nitrogen functional groups attached to an aromatic ring is 2. The van der Waals surface area contributed by atoms with Gasteiger partial charge in [0.05, 0.1) is 17.8 Å². The maximum atomic E-state index is 12.3. The Kier molecular flexibility index (Phi) is 2.77. The van der Waals surface area contributed by atoms with Gasteiger partial charge in [0.2, 0.25) is 5.91 Å². The average Bonchev–Trinajstić information content (AvgIpc) is 2.77. The Labute approximate surface area is 121 Å². The fraction of sp³-hybridized carbons (Fsp3) is 0.133. The lowest BCUT2D eigenvalue weighted by atomic mass is 10.1. The Morgan fingerprint density at radius 2 is 1.95 bits per heavy atom. The number of hydrogen-bond acceptors (Lipinski definition) is 5. The second-order valence-electron chi connectivity index (χ2n) is 4.94. The van der Waals surface area contributed by atoms with Gasteiger partial charge in [0, 0.05) is 5.56 Å². The Morgan fingerprint density at radius 1 is 1.29 bits per heavy atom. The van der Waals surface area contributed by atoms with E-state index in [-0.39, 0.29) is 29.4 Å². The van der Waals surface area contributed by atoms with Crippen molar-refractivity contribution in [2.45, 2.75) is 13.3 Å². The molecular formula is C15H13N5O. The minimum atomic E-state index is -0.137. The number of carbonyl (C=O) groups is 1. The van der Waals surface area contributed by atoms with E-state index >= 15 is 0 Å². The molecule has 0 fully saturated rings. The fourth-order valence-corrected chi connectivity index (χ4v) is 2.43. The molecule has 4 N–H and O–H groups in total. The molecule has 1 aliphatic heterocycles. The highest BCUT2D eigenvalue weighted by atomic mass is 16.2. The van der Waals surface area contributed by atoms with Crippen LogP contribution in [0.1, 0.15) is 16.7 Å². The zero-order chi connectivity index (χ0) is 15.1. The van der Waals surface area contributed by atoms with E-state index in [2.05, 4.69) is 4.98 Å². The summed E-state index contributed by atoms with van der Waals surface area (Å²) in [6, 6.07) is 9.44. The van der Waals surface area contributed by atoms with Gasteiger partial charge in [-0.2, -0.15) is 5.26 Å². The van der Waals surface area contributed by atoms with E-state index in [1.54, 1.807) is 0 Å². The molecule has 6 nitrogen and oxygen atoms in total. The number of fused-ring (bicyclic) bond motifs is 1. The SMILES string of the molecule is Cc1ccc(N2C(=O)Cc3c2nc(N)c(C#N)c3N)cc1. The van der Waals surface area contributed by atoms with Gasteiger partial charge < -0.3 is 11.5 Å². The molecule has 2 heterocycles. The Bertz CT molecular complexity index is 789. The maximum Gasteiger partial charge on any atom is 0.237 e. The van der Waals surface area contributed by atoms with Crippen LogP contribution in [0.4, 0.5) is 23.0 Å². The number of hydrogen-bond donors (Lipinski definition) is 2. The number of nitrogens with zero attached hydrogens (tertiary/aromatic N) is 3. The van der Waals surface area contributed by atoms with Gasteiger partial charge in [-0.1, -0.05) is 17.7 Å². The first kappa shape index (κ1) is 12.9. The lowest BCUT2D eigenvalue weighted by molar-refractivity contribution is -0.116. The van der Waals surface area contributed by atoms with Crippen LogP contribution < -0.4 is 16.4 Å². The number of nitrogens with two attached hydrogens (primary N) is 2. The predicted octanol–water partition coefficient (Wildman–Crippen LogP) is 1.65. The van der Waals surface area contributed by atoms with Crippen molar-refractivity contribution in [3.8, 4) is 6.07 Å². The van der Waals surface area contributed by atoms with E-state index in [0.29, 0.717) is 17.1 Å². The van der Waals surface area contributed by atoms with Gasteiger partial charge in [-0.05, 0) is 19.1 Å². The number of aromatic nitrogens is 1. The normalized spacial score (nSPS) is 13.1. The van der Waals surface area contributed by atoms with E-state index in [9.17, 15) is 4.79 Å². The summed E-state index contributed by atoms with van der Waals surface area (Å²) in [5.74, 6) is 0.320. The zero-order valence-electron chi connectivity index (χ0n) is 11.4. The van der Waals surface area contributed by atoms with Gasteiger partial charge in [-0.15, -0.1) is 0 Å². The third-order valence-electron chi connectivity index (χ3n) is 3.54. The molecule has 1 aliphatic rings. The van der Waals surface area contributed by atoms with Crippen LogP contribution in [0.5, 0.6) is 0 Å². The van der Waals surface area contributed by atoms with Gasteiger partial charge in [0.25, 0.3) is 0 Å². The Morgan fingerprint density at radius 3 is 2.57 bits per heavy atom. The number of aryl methyl sites for hydroxylation is 1. The molecule has 104 valence electrons. The van der Waals surface area contributed by atoms with E-state index < -0.39 is 0 Å². The fourth-order valence-electron chi connectivity index (χ4n) is 2.43. The molecule has 1 aromatic heterocycles. The first-order valence-corrected chi connectivity index (χ1v) is 6.40. The molecule has 6 heteroatoms. The van der Waals surface area contributed by atoms with Crippen molar-refractivity contribution in [1.82, 2.24) is 4.98 Å². The molecule has 0 saturated carbocycles. The van der Waals surface area contributed by atoms with Crippen LogP contribution >= 0.6 is 0 Å². The van der Waals surface area contributed by atoms with Crippen molar-refractivity contribution in [3.63, 3.8) is 0 Å². The molecule has 0 spiro atoms. The molecule has 1 amide bonds. The quantitative estimate of drug-likeness (QED) is 0.824. The van der Waals surface area contributed by atoms with Gasteiger partial charge in [0.15, 0.2) is 0 Å². The number of nitriles is 1. The molecule has 2 aromatic rings. The van der Waals surface area contributed by atoms with Crippen molar-refractivity contribution in [1.29, 1.82) is 5.26 Å². The predicted molar refractivity (Wildman–Crippen MR) is 79.8 cm³/mol. The van der Waals surface area contributed by atoms with E-state index in [1.807, 2.05) is 37.3 Å². The number of amides is 1. The van der Waals surface area contributed by atoms with Crippen molar-refractivity contribution < 1.29 is 4.79 Å². The summed E-state index contributed by atoms with van der Waals surface area (Å²) in [6.45, 7) is 1.97. The number of benzene rings is 1. The molecule has 1 aromatic carbocycles. The topological polar surface area (TPSA) is 109 Å². The lowest BCUT2D eigenvalue weighted by Crippen LogP contribution is -2.21. The van der Waals surface area contributed by atoms with Gasteiger partial charge >= 0.3 is 0 Å². The molecule has 0 aliphatic carbocycles. The van der Waals surface area contributed by atoms with E-state index in [0.717, 1.165) is 5.56 Å². The highest BCUT2D eigenvalue weighted by molar-refractivity contribution is 6.08. The average molecular weight is 279 g/mol. The standard InChI is InChI=1S/C15H13N5O/c1-8-2-4-9(5-3-8)20-12(21)6-10-13(17)11(7-16)14(18)19-15(10)20/h2-5H,6H2,1H3,(H4,17,18,19). The summed E-state index contributed by atoms with van der Waals surface area (Å²) in [6.07, 6.45) is 0.122. The zero-order valence-corrected chi connectivity index (χ0v) is 11.4. The van der Waals surface area contributed by atoms with Crippen molar-refractivity contribution in [2.24, 2.45) is 0 Å². The van der Waals surface area contributed by atoms with Crippen LogP contribution in [-0.2, 0) is 11.2 Å². The minimum Gasteiger partial charge on any atom is -0.397 e. The first-order chi connectivity index (χ1) is 10.0. The first-order valence-electron chi connectivity index (χ1n) is 6.40. The largest absolute Gasteiger partial charge is 0.397 e. The van der Waals surface area contributed by atoms with Crippen molar-refractivity contribution in [2.75, 3.05) is 16.4 Å². The van der Waals surface area contributed by atoms with Gasteiger partial charge in [0.1, 0.15) is 23.3 Å². The number of pyridine rings is 1. The van der Waals surface area contributed by atoms with E-state index in [1.165, 1.54) is 4.90 Å². The summed E-state index contributed by atoms with van der Waals surface area (Å²) in [7, 11) is 0. The summed E-state index contributed by atoms with van der Waals surface area (Å²) in [5.41, 5.74) is 14.5. The summed E-state index contributed by atoms with van der Waals surface area (Å²) < 4.78 is 0. The highest BCUT2D eigenvalue weighted by Crippen LogP contribution is 2.39. The molecule has 0 saturated heterocycles. The third kappa shape index (κ3) is 1.87. The third-order valence-corrected chi connectivity index (χ3v) is 3.54. The number of carbonyl (C=O) groups excluding carboxylic acids is 1. The highest BCUT2D eigenvalue weighted by Gasteiger charge is 2.33. The monoisotopic (exact) mass is 279 g/mol. The van der Waals surface area contributed by atoms with Crippen LogP contribution in [0.2, 0.25) is 0 Å². The van der Waals surface area contributed by atoms with Crippen LogP contribution in [-0.4, -0.2) is 10.9 Å².